The molecule has 2 aromatic carbocycles. The van der Waals surface area contributed by atoms with E-state index >= 15 is 0 Å². The first-order valence-corrected chi connectivity index (χ1v) is 7.24. The zero-order chi connectivity index (χ0) is 17.3. The number of carboxylic acids is 1. The lowest BCUT2D eigenvalue weighted by atomic mass is 10.1. The highest BCUT2D eigenvalue weighted by molar-refractivity contribution is 6.50. The van der Waals surface area contributed by atoms with Crippen LogP contribution in [0.15, 0.2) is 47.3 Å². The normalized spacial score (nSPS) is 11.6. The second-order valence-electron chi connectivity index (χ2n) is 5.02. The van der Waals surface area contributed by atoms with E-state index in [1.807, 2.05) is 0 Å². The van der Waals surface area contributed by atoms with E-state index in [1.165, 1.54) is 36.4 Å². The van der Waals surface area contributed by atoms with Crippen LogP contribution in [-0.2, 0) is 0 Å². The molecular formula is C17H10ClN2O4-. The van der Waals surface area contributed by atoms with Crippen molar-refractivity contribution in [1.82, 2.24) is 9.97 Å². The van der Waals surface area contributed by atoms with Gasteiger partial charge in [-0.25, -0.2) is 9.78 Å². The van der Waals surface area contributed by atoms with Crippen molar-refractivity contribution < 1.29 is 15.0 Å². The third-order valence-corrected chi connectivity index (χ3v) is 3.62. The highest BCUT2D eigenvalue weighted by Crippen LogP contribution is 2.21. The fraction of sp³-hybridized carbons (Fsp3) is 0. The van der Waals surface area contributed by atoms with Gasteiger partial charge in [-0.3, -0.25) is 4.79 Å². The van der Waals surface area contributed by atoms with Gasteiger partial charge in [0.2, 0.25) is 0 Å². The molecule has 0 saturated heterocycles. The van der Waals surface area contributed by atoms with E-state index in [4.69, 9.17) is 16.7 Å². The summed E-state index contributed by atoms with van der Waals surface area (Å²) in [6.07, 6.45) is 1.49. The molecule has 3 rings (SSSR count). The molecule has 1 aromatic heterocycles. The van der Waals surface area contributed by atoms with E-state index in [-0.39, 0.29) is 33.1 Å². The van der Waals surface area contributed by atoms with Crippen LogP contribution >= 0.6 is 11.6 Å². The topological polar surface area (TPSA) is 106 Å². The Labute approximate surface area is 140 Å². The number of fused-ring (bicyclic) bond motifs is 1. The molecular weight excluding hydrogens is 332 g/mol. The minimum atomic E-state index is -1.12. The Hall–Kier alpha value is -3.12. The van der Waals surface area contributed by atoms with E-state index in [9.17, 15) is 14.7 Å². The largest absolute Gasteiger partial charge is 0.872 e. The van der Waals surface area contributed by atoms with Crippen LogP contribution in [0.25, 0.3) is 22.0 Å². The molecule has 0 unspecified atom stereocenters. The lowest BCUT2D eigenvalue weighted by Crippen LogP contribution is -2.11. The number of H-pyrrole nitrogens is 1. The zero-order valence-corrected chi connectivity index (χ0v) is 12.9. The first-order valence-electron chi connectivity index (χ1n) is 6.86. The first-order chi connectivity index (χ1) is 11.4. The number of hydrogen-bond acceptors (Lipinski definition) is 4. The Kier molecular flexibility index (Phi) is 4.05. The van der Waals surface area contributed by atoms with Crippen molar-refractivity contribution in [2.75, 3.05) is 0 Å². The maximum Gasteiger partial charge on any atom is 0.335 e. The summed E-state index contributed by atoms with van der Waals surface area (Å²) in [7, 11) is 0. The Morgan fingerprint density at radius 3 is 2.75 bits per heavy atom. The highest BCUT2D eigenvalue weighted by Gasteiger charge is 2.10. The van der Waals surface area contributed by atoms with Crippen LogP contribution in [0.1, 0.15) is 21.7 Å². The molecule has 0 radical (unpaired) electrons. The number of aromatic nitrogens is 2. The van der Waals surface area contributed by atoms with Crippen molar-refractivity contribution in [1.29, 1.82) is 0 Å². The summed E-state index contributed by atoms with van der Waals surface area (Å²) in [6.45, 7) is 0. The van der Waals surface area contributed by atoms with Gasteiger partial charge in [0.1, 0.15) is 0 Å². The number of nitrogens with zero attached hydrogens (tertiary/aromatic N) is 1. The van der Waals surface area contributed by atoms with E-state index in [0.29, 0.717) is 5.56 Å². The molecule has 0 bridgehead atoms. The number of halogens is 1. The molecule has 2 N–H and O–H groups in total. The number of carbonyl (C=O) groups is 1. The molecule has 0 fully saturated rings. The second kappa shape index (κ2) is 6.17. The fourth-order valence-electron chi connectivity index (χ4n) is 2.20. The van der Waals surface area contributed by atoms with Crippen LogP contribution in [0, 0.1) is 0 Å². The van der Waals surface area contributed by atoms with Gasteiger partial charge in [-0.1, -0.05) is 35.9 Å². The summed E-state index contributed by atoms with van der Waals surface area (Å²) in [5.74, 6) is -1.19. The molecule has 0 amide bonds. The third-order valence-electron chi connectivity index (χ3n) is 3.33. The van der Waals surface area contributed by atoms with Crippen LogP contribution in [0.3, 0.4) is 0 Å². The summed E-state index contributed by atoms with van der Waals surface area (Å²) >= 11 is 6.18. The lowest BCUT2D eigenvalue weighted by Gasteiger charge is -2.06. The quantitative estimate of drug-likeness (QED) is 0.761. The van der Waals surface area contributed by atoms with Gasteiger partial charge in [-0.2, -0.15) is 0 Å². The van der Waals surface area contributed by atoms with Gasteiger partial charge in [-0.05, 0) is 29.8 Å². The Bertz CT molecular complexity index is 1040. The average Bonchev–Trinajstić information content (AvgIpc) is 2.54. The van der Waals surface area contributed by atoms with E-state index < -0.39 is 11.5 Å². The third kappa shape index (κ3) is 3.13. The first kappa shape index (κ1) is 15.8. The molecule has 0 aliphatic heterocycles. The minimum Gasteiger partial charge on any atom is -0.872 e. The summed E-state index contributed by atoms with van der Waals surface area (Å²) in [5, 5.41) is 20.8. The minimum absolute atomic E-state index is 0.0192. The van der Waals surface area contributed by atoms with Crippen LogP contribution in [-0.4, -0.2) is 21.0 Å². The van der Waals surface area contributed by atoms with E-state index in [0.717, 1.165) is 0 Å². The number of benzene rings is 2. The molecule has 24 heavy (non-hydrogen) atoms. The molecule has 1 heterocycles. The lowest BCUT2D eigenvalue weighted by molar-refractivity contribution is -0.268. The van der Waals surface area contributed by atoms with Crippen LogP contribution in [0.5, 0.6) is 5.75 Å². The summed E-state index contributed by atoms with van der Waals surface area (Å²) in [4.78, 5) is 29.9. The molecule has 0 aliphatic carbocycles. The Balaban J connectivity index is 2.12. The average molecular weight is 342 g/mol. The fourth-order valence-corrected chi connectivity index (χ4v) is 2.42. The smallest absolute Gasteiger partial charge is 0.335 e. The van der Waals surface area contributed by atoms with Gasteiger partial charge in [0, 0.05) is 0 Å². The summed E-state index contributed by atoms with van der Waals surface area (Å²) in [6, 6.07) is 10.1. The molecule has 7 heteroatoms. The maximum atomic E-state index is 12.1. The van der Waals surface area contributed by atoms with E-state index in [2.05, 4.69) is 9.97 Å². The predicted octanol–water partition coefficient (Wildman–Crippen LogP) is 2.43. The molecule has 6 nitrogen and oxygen atoms in total. The Morgan fingerprint density at radius 1 is 1.25 bits per heavy atom. The van der Waals surface area contributed by atoms with Gasteiger partial charge < -0.3 is 15.2 Å². The van der Waals surface area contributed by atoms with Crippen LogP contribution < -0.4 is 10.7 Å². The SMILES string of the molecule is O=C(O)c1ccc2c(=O)[nH]c(/C(Cl)=C/c3cccc([O-])c3)nc2c1. The molecule has 3 aromatic rings. The van der Waals surface area contributed by atoms with Crippen molar-refractivity contribution >= 4 is 39.6 Å². The predicted molar refractivity (Wildman–Crippen MR) is 88.9 cm³/mol. The summed E-state index contributed by atoms with van der Waals surface area (Å²) in [5.41, 5.74) is 0.370. The zero-order valence-electron chi connectivity index (χ0n) is 12.1. The van der Waals surface area contributed by atoms with Crippen molar-refractivity contribution in [2.24, 2.45) is 0 Å². The van der Waals surface area contributed by atoms with Gasteiger partial charge in [-0.15, -0.1) is 5.75 Å². The van der Waals surface area contributed by atoms with Crippen LogP contribution in [0.4, 0.5) is 0 Å². The number of nitrogens with one attached hydrogen (secondary N) is 1. The van der Waals surface area contributed by atoms with Gasteiger partial charge in [0.15, 0.2) is 5.82 Å². The molecule has 0 saturated carbocycles. The van der Waals surface area contributed by atoms with Crippen molar-refractivity contribution in [3.05, 3.63) is 69.8 Å². The Morgan fingerprint density at radius 2 is 2.04 bits per heavy atom. The number of rotatable bonds is 3. The second-order valence-corrected chi connectivity index (χ2v) is 5.42. The standard InChI is InChI=1S/C17H11ClN2O4/c18-13(7-9-2-1-3-11(21)6-9)15-19-14-8-10(17(23)24)4-5-12(14)16(22)20-15/h1-8,21H,(H,23,24)(H,19,20,22)/p-1/b13-7-. The summed E-state index contributed by atoms with van der Waals surface area (Å²) < 4.78 is 0. The highest BCUT2D eigenvalue weighted by atomic mass is 35.5. The van der Waals surface area contributed by atoms with Crippen molar-refractivity contribution in [2.45, 2.75) is 0 Å². The van der Waals surface area contributed by atoms with E-state index in [1.54, 1.807) is 12.1 Å². The monoisotopic (exact) mass is 341 g/mol. The number of aromatic amines is 1. The molecule has 0 spiro atoms. The van der Waals surface area contributed by atoms with Crippen molar-refractivity contribution in [3.8, 4) is 5.75 Å². The number of carboxylic acid groups (broad SMARTS) is 1. The van der Waals surface area contributed by atoms with Crippen LogP contribution in [0.2, 0.25) is 0 Å². The number of hydrogen-bond donors (Lipinski definition) is 2. The molecule has 120 valence electrons. The molecule has 0 aliphatic rings. The maximum absolute atomic E-state index is 12.1. The van der Waals surface area contributed by atoms with Gasteiger partial charge >= 0.3 is 5.97 Å². The molecule has 0 atom stereocenters. The number of aromatic carboxylic acids is 1. The van der Waals surface area contributed by atoms with Crippen molar-refractivity contribution in [3.63, 3.8) is 0 Å². The van der Waals surface area contributed by atoms with Gasteiger partial charge in [0.25, 0.3) is 5.56 Å². The van der Waals surface area contributed by atoms with Gasteiger partial charge in [0.05, 0.1) is 21.5 Å².